The van der Waals surface area contributed by atoms with E-state index in [0.717, 1.165) is 24.2 Å². The third kappa shape index (κ3) is 3.92. The summed E-state index contributed by atoms with van der Waals surface area (Å²) in [5, 5.41) is 0. The lowest BCUT2D eigenvalue weighted by Gasteiger charge is -2.12. The summed E-state index contributed by atoms with van der Waals surface area (Å²) < 4.78 is 0. The van der Waals surface area contributed by atoms with Gasteiger partial charge in [-0.05, 0) is 66.3 Å². The average molecular weight is 302 g/mol. The van der Waals surface area contributed by atoms with Crippen molar-refractivity contribution in [2.24, 2.45) is 0 Å². The molecule has 0 aromatic heterocycles. The van der Waals surface area contributed by atoms with Crippen LogP contribution >= 0.6 is 0 Å². The minimum absolute atomic E-state index is 0.797. The number of nitrogens with two attached hydrogens (primary N) is 2. The van der Waals surface area contributed by atoms with E-state index in [-0.39, 0.29) is 0 Å². The molecule has 2 heteroatoms. The molecule has 0 saturated carbocycles. The molecule has 0 spiro atoms. The van der Waals surface area contributed by atoms with Crippen molar-refractivity contribution in [1.29, 1.82) is 0 Å². The van der Waals surface area contributed by atoms with Crippen LogP contribution in [0.1, 0.15) is 27.8 Å². The Labute approximate surface area is 137 Å². The predicted octanol–water partition coefficient (Wildman–Crippen LogP) is 4.34. The maximum atomic E-state index is 6.00. The van der Waals surface area contributed by atoms with E-state index in [1.807, 2.05) is 18.2 Å². The number of nitrogen functional groups attached to an aromatic ring is 2. The van der Waals surface area contributed by atoms with Crippen molar-refractivity contribution in [2.45, 2.75) is 19.8 Å². The van der Waals surface area contributed by atoms with Crippen LogP contribution in [0.4, 0.5) is 11.4 Å². The molecule has 116 valence electrons. The van der Waals surface area contributed by atoms with Crippen LogP contribution in [0.25, 0.3) is 0 Å². The van der Waals surface area contributed by atoms with Gasteiger partial charge in [0, 0.05) is 11.4 Å². The number of hydrogen-bond acceptors (Lipinski definition) is 2. The predicted molar refractivity (Wildman–Crippen MR) is 98.5 cm³/mol. The van der Waals surface area contributed by atoms with Gasteiger partial charge in [0.1, 0.15) is 0 Å². The molecule has 0 saturated heterocycles. The summed E-state index contributed by atoms with van der Waals surface area (Å²) in [5.74, 6) is 0. The Morgan fingerprint density at radius 2 is 1.13 bits per heavy atom. The zero-order chi connectivity index (χ0) is 16.2. The lowest BCUT2D eigenvalue weighted by atomic mass is 9.94. The standard InChI is InChI=1S/C21H22N2/c1-15-2-4-16(5-3-15)13-19-14-21(23)11-8-18(19)12-17-6-9-20(22)10-7-17/h2-11,14H,12-13,22-23H2,1H3. The summed E-state index contributed by atoms with van der Waals surface area (Å²) in [6.07, 6.45) is 1.79. The van der Waals surface area contributed by atoms with Gasteiger partial charge in [0.2, 0.25) is 0 Å². The first-order valence-electron chi connectivity index (χ1n) is 7.87. The van der Waals surface area contributed by atoms with E-state index in [2.05, 4.69) is 55.5 Å². The highest BCUT2D eigenvalue weighted by atomic mass is 14.5. The van der Waals surface area contributed by atoms with Crippen LogP contribution in [-0.4, -0.2) is 0 Å². The summed E-state index contributed by atoms with van der Waals surface area (Å²) in [5.41, 5.74) is 19.8. The van der Waals surface area contributed by atoms with E-state index in [4.69, 9.17) is 11.5 Å². The molecule has 3 aromatic carbocycles. The average Bonchev–Trinajstić information content (AvgIpc) is 2.54. The van der Waals surface area contributed by atoms with E-state index in [9.17, 15) is 0 Å². The number of benzene rings is 3. The highest BCUT2D eigenvalue weighted by Gasteiger charge is 2.06. The molecular weight excluding hydrogens is 280 g/mol. The molecule has 3 aromatic rings. The molecule has 0 aliphatic heterocycles. The number of rotatable bonds is 4. The molecule has 4 N–H and O–H groups in total. The van der Waals surface area contributed by atoms with Gasteiger partial charge < -0.3 is 11.5 Å². The summed E-state index contributed by atoms with van der Waals surface area (Å²) in [4.78, 5) is 0. The quantitative estimate of drug-likeness (QED) is 0.704. The SMILES string of the molecule is Cc1ccc(Cc2cc(N)ccc2Cc2ccc(N)cc2)cc1. The van der Waals surface area contributed by atoms with Crippen molar-refractivity contribution >= 4 is 11.4 Å². The second-order valence-corrected chi connectivity index (χ2v) is 6.11. The highest BCUT2D eigenvalue weighted by Crippen LogP contribution is 2.21. The molecule has 0 aliphatic rings. The number of anilines is 2. The van der Waals surface area contributed by atoms with Crippen molar-refractivity contribution in [3.8, 4) is 0 Å². The molecule has 0 fully saturated rings. The Bertz CT molecular complexity index is 787. The van der Waals surface area contributed by atoms with Gasteiger partial charge in [0.15, 0.2) is 0 Å². The van der Waals surface area contributed by atoms with Crippen molar-refractivity contribution in [3.63, 3.8) is 0 Å². The zero-order valence-corrected chi connectivity index (χ0v) is 13.4. The van der Waals surface area contributed by atoms with Crippen LogP contribution < -0.4 is 11.5 Å². The van der Waals surface area contributed by atoms with Crippen molar-refractivity contribution in [1.82, 2.24) is 0 Å². The maximum Gasteiger partial charge on any atom is 0.0317 e. The van der Waals surface area contributed by atoms with Crippen LogP contribution in [0.3, 0.4) is 0 Å². The van der Waals surface area contributed by atoms with Gasteiger partial charge in [0.05, 0.1) is 0 Å². The minimum Gasteiger partial charge on any atom is -0.399 e. The monoisotopic (exact) mass is 302 g/mol. The number of hydrogen-bond donors (Lipinski definition) is 2. The molecule has 3 rings (SSSR count). The van der Waals surface area contributed by atoms with Gasteiger partial charge in [-0.15, -0.1) is 0 Å². The summed E-state index contributed by atoms with van der Waals surface area (Å²) in [6, 6.07) is 23.0. The summed E-state index contributed by atoms with van der Waals surface area (Å²) >= 11 is 0. The molecule has 0 radical (unpaired) electrons. The zero-order valence-electron chi connectivity index (χ0n) is 13.4. The highest BCUT2D eigenvalue weighted by molar-refractivity contribution is 5.48. The fraction of sp³-hybridized carbons (Fsp3) is 0.143. The van der Waals surface area contributed by atoms with E-state index in [1.165, 1.54) is 27.8 Å². The first-order chi connectivity index (χ1) is 11.1. The van der Waals surface area contributed by atoms with Crippen molar-refractivity contribution < 1.29 is 0 Å². The largest absolute Gasteiger partial charge is 0.399 e. The van der Waals surface area contributed by atoms with Crippen LogP contribution in [0.2, 0.25) is 0 Å². The lowest BCUT2D eigenvalue weighted by molar-refractivity contribution is 1.09. The first-order valence-corrected chi connectivity index (χ1v) is 7.87. The lowest BCUT2D eigenvalue weighted by Crippen LogP contribution is -1.99. The topological polar surface area (TPSA) is 52.0 Å². The van der Waals surface area contributed by atoms with E-state index in [0.29, 0.717) is 0 Å². The fourth-order valence-electron chi connectivity index (χ4n) is 2.76. The molecular formula is C21H22N2. The smallest absolute Gasteiger partial charge is 0.0317 e. The third-order valence-electron chi connectivity index (χ3n) is 4.12. The Balaban J connectivity index is 1.88. The fourth-order valence-corrected chi connectivity index (χ4v) is 2.76. The normalized spacial score (nSPS) is 10.7. The van der Waals surface area contributed by atoms with Gasteiger partial charge in [-0.3, -0.25) is 0 Å². The maximum absolute atomic E-state index is 6.00. The Hall–Kier alpha value is -2.74. The van der Waals surface area contributed by atoms with Crippen LogP contribution in [-0.2, 0) is 12.8 Å². The first kappa shape index (κ1) is 15.2. The van der Waals surface area contributed by atoms with Crippen LogP contribution in [0, 0.1) is 6.92 Å². The van der Waals surface area contributed by atoms with Crippen LogP contribution in [0.5, 0.6) is 0 Å². The minimum atomic E-state index is 0.797. The van der Waals surface area contributed by atoms with E-state index in [1.54, 1.807) is 0 Å². The van der Waals surface area contributed by atoms with Crippen molar-refractivity contribution in [2.75, 3.05) is 11.5 Å². The van der Waals surface area contributed by atoms with Crippen LogP contribution in [0.15, 0.2) is 66.7 Å². The molecule has 0 unspecified atom stereocenters. The number of aryl methyl sites for hydroxylation is 1. The Morgan fingerprint density at radius 3 is 1.78 bits per heavy atom. The second kappa shape index (κ2) is 6.57. The van der Waals surface area contributed by atoms with Gasteiger partial charge in [0.25, 0.3) is 0 Å². The summed E-state index contributed by atoms with van der Waals surface area (Å²) in [6.45, 7) is 2.11. The Morgan fingerprint density at radius 1 is 0.609 bits per heavy atom. The van der Waals surface area contributed by atoms with Gasteiger partial charge >= 0.3 is 0 Å². The third-order valence-corrected chi connectivity index (χ3v) is 4.12. The van der Waals surface area contributed by atoms with Gasteiger partial charge in [-0.25, -0.2) is 0 Å². The van der Waals surface area contributed by atoms with E-state index < -0.39 is 0 Å². The van der Waals surface area contributed by atoms with Crippen molar-refractivity contribution in [3.05, 3.63) is 94.5 Å². The van der Waals surface area contributed by atoms with Gasteiger partial charge in [-0.2, -0.15) is 0 Å². The second-order valence-electron chi connectivity index (χ2n) is 6.11. The molecule has 0 amide bonds. The molecule has 0 aliphatic carbocycles. The Kier molecular flexibility index (Phi) is 4.33. The van der Waals surface area contributed by atoms with E-state index >= 15 is 0 Å². The molecule has 23 heavy (non-hydrogen) atoms. The molecule has 0 atom stereocenters. The summed E-state index contributed by atoms with van der Waals surface area (Å²) in [7, 11) is 0. The molecule has 0 heterocycles. The van der Waals surface area contributed by atoms with Gasteiger partial charge in [-0.1, -0.05) is 48.0 Å². The molecule has 2 nitrogen and oxygen atoms in total. The molecule has 0 bridgehead atoms.